The van der Waals surface area contributed by atoms with Crippen LogP contribution >= 0.6 is 0 Å². The van der Waals surface area contributed by atoms with Crippen molar-refractivity contribution >= 4 is 56.4 Å². The summed E-state index contributed by atoms with van der Waals surface area (Å²) in [6.45, 7) is 4.50. The van der Waals surface area contributed by atoms with Crippen LogP contribution in [-0.4, -0.2) is 23.7 Å². The van der Waals surface area contributed by atoms with Gasteiger partial charge in [0, 0.05) is 77.4 Å². The fourth-order valence-corrected chi connectivity index (χ4v) is 10.1. The van der Waals surface area contributed by atoms with Crippen molar-refractivity contribution in [2.45, 2.75) is 37.8 Å². The molecule has 0 bridgehead atoms. The summed E-state index contributed by atoms with van der Waals surface area (Å²) in [5, 5.41) is 15.7. The predicted molar refractivity (Wildman–Crippen MR) is 267 cm³/mol. The molecule has 6 heteroatoms. The number of hydrogen-bond donors (Lipinski definition) is 2. The molecule has 2 atom stereocenters. The molecule has 8 aromatic carbocycles. The molecule has 3 aliphatic rings. The Labute approximate surface area is 402 Å². The molecule has 0 amide bonds. The maximum Gasteiger partial charge on any atom is 0 e. The number of rotatable bonds is 8. The number of allylic oxidation sites excluding steroid dienone is 2. The standard InChI is InChI=1S/C60H46N2O2.CO.Ru/c63-59-45(35-43-23-9-13-27-49(43)57(59)55-47-25-11-7-21-41(47)31-33-51(55)39-17-3-1-4-18-39)37-61-53-29-15-16-30-54(53)62-38-46-36-44-24-10-14-28-50(44)58(60(46)64)56-48-26-12-8-22-42(48)32-34-52(56)40-19-5-2-6-20-40;1-2;/h1-14,17-28,31-38,53-54,61-62H,15-16,29-30H2;;/b45-37-,46-38-;;/t53-,54-;;/m1../s1. The number of benzene rings is 8. The zero-order valence-electron chi connectivity index (χ0n) is 36.7. The van der Waals surface area contributed by atoms with Crippen LogP contribution in [0.4, 0.5) is 0 Å². The van der Waals surface area contributed by atoms with E-state index in [1.165, 1.54) is 0 Å². The number of carbonyl (C=O) groups excluding carboxylic acids is 2. The number of Topliss-reactive ketones (excluding diaryl/α,β-unsaturated/α-hetero) is 2. The Bertz CT molecular complexity index is 3320. The SMILES string of the molecule is O=C1C(c2c(-c3ccccc3)ccc3ccccc23)=c2ccccc2=C/C1=C/N[C@@H]1CCCC[C@H]1N/C=C1/C=c2ccccc2=C(c2c(-c3ccccc3)ccc3ccccc23)C1=O.[C-]#[O+].[Ru]. The second-order valence-electron chi connectivity index (χ2n) is 17.1. The quantitative estimate of drug-likeness (QED) is 0.0690. The molecule has 0 aromatic heterocycles. The van der Waals surface area contributed by atoms with Crippen LogP contribution in [0, 0.1) is 6.65 Å². The molecule has 1 fully saturated rings. The Morgan fingerprint density at radius 1 is 0.448 bits per heavy atom. The van der Waals surface area contributed by atoms with Crippen LogP contribution in [0.2, 0.25) is 0 Å². The molecule has 1 saturated carbocycles. The fourth-order valence-electron chi connectivity index (χ4n) is 10.1. The Kier molecular flexibility index (Phi) is 13.3. The first-order chi connectivity index (χ1) is 32.6. The summed E-state index contributed by atoms with van der Waals surface area (Å²) in [6, 6.07) is 62.6. The van der Waals surface area contributed by atoms with Crippen molar-refractivity contribution in [1.82, 2.24) is 10.6 Å². The molecular formula is C61H46N2O3Ru. The van der Waals surface area contributed by atoms with Crippen LogP contribution in [0.5, 0.6) is 0 Å². The molecule has 0 aliphatic heterocycles. The van der Waals surface area contributed by atoms with Gasteiger partial charge in [-0.15, -0.1) is 0 Å². The molecule has 5 nitrogen and oxygen atoms in total. The maximum absolute atomic E-state index is 15.0. The van der Waals surface area contributed by atoms with E-state index in [1.54, 1.807) is 0 Å². The molecule has 3 aliphatic carbocycles. The zero-order chi connectivity index (χ0) is 45.0. The van der Waals surface area contributed by atoms with Gasteiger partial charge in [-0.25, -0.2) is 0 Å². The average Bonchev–Trinajstić information content (AvgIpc) is 3.38. The molecule has 326 valence electrons. The van der Waals surface area contributed by atoms with Gasteiger partial charge in [-0.1, -0.05) is 195 Å². The predicted octanol–water partition coefficient (Wildman–Crippen LogP) is 9.37. The van der Waals surface area contributed by atoms with Crippen LogP contribution in [0.15, 0.2) is 206 Å². The van der Waals surface area contributed by atoms with Crippen molar-refractivity contribution in [2.75, 3.05) is 0 Å². The molecule has 67 heavy (non-hydrogen) atoms. The molecule has 11 rings (SSSR count). The molecule has 2 N–H and O–H groups in total. The van der Waals surface area contributed by atoms with Gasteiger partial charge in [0.05, 0.1) is 0 Å². The first kappa shape index (κ1) is 44.7. The van der Waals surface area contributed by atoms with Gasteiger partial charge in [-0.3, -0.25) is 9.59 Å². The minimum Gasteiger partial charge on any atom is 0 e. The smallest absolute Gasteiger partial charge is 0 e. The molecule has 0 spiro atoms. The van der Waals surface area contributed by atoms with Crippen LogP contribution in [0.1, 0.15) is 36.8 Å². The summed E-state index contributed by atoms with van der Waals surface area (Å²) in [4.78, 5) is 30.1. The minimum absolute atomic E-state index is 0. The third-order valence-corrected chi connectivity index (χ3v) is 13.3. The second-order valence-corrected chi connectivity index (χ2v) is 17.1. The van der Waals surface area contributed by atoms with Crippen LogP contribution in [0.3, 0.4) is 0 Å². The normalized spacial score (nSPS) is 17.6. The largest absolute Gasteiger partial charge is 0 e. The molecule has 0 heterocycles. The molecular weight excluding hydrogens is 910 g/mol. The van der Waals surface area contributed by atoms with Crippen molar-refractivity contribution in [3.8, 4) is 22.3 Å². The topological polar surface area (TPSA) is 78.1 Å². The average molecular weight is 956 g/mol. The molecule has 8 aromatic rings. The third-order valence-electron chi connectivity index (χ3n) is 13.3. The summed E-state index contributed by atoms with van der Waals surface area (Å²) < 4.78 is 7.50. The van der Waals surface area contributed by atoms with E-state index in [0.29, 0.717) is 22.3 Å². The van der Waals surface area contributed by atoms with E-state index >= 15 is 9.59 Å². The number of fused-ring (bicyclic) bond motifs is 4. The molecule has 0 unspecified atom stereocenters. The van der Waals surface area contributed by atoms with E-state index in [0.717, 1.165) is 101 Å². The van der Waals surface area contributed by atoms with Crippen molar-refractivity contribution in [2.24, 2.45) is 0 Å². The third kappa shape index (κ3) is 8.60. The van der Waals surface area contributed by atoms with Crippen molar-refractivity contribution in [1.29, 1.82) is 0 Å². The van der Waals surface area contributed by atoms with Crippen LogP contribution in [0.25, 0.3) is 67.1 Å². The van der Waals surface area contributed by atoms with Gasteiger partial charge in [0.2, 0.25) is 0 Å². The van der Waals surface area contributed by atoms with Crippen molar-refractivity contribution in [3.63, 3.8) is 0 Å². The maximum atomic E-state index is 15.0. The van der Waals surface area contributed by atoms with E-state index in [2.05, 4.69) is 126 Å². The zero-order valence-corrected chi connectivity index (χ0v) is 38.4. The number of hydrogen-bond acceptors (Lipinski definition) is 4. The van der Waals surface area contributed by atoms with Crippen molar-refractivity contribution < 1.29 is 33.7 Å². The Morgan fingerprint density at radius 3 is 1.25 bits per heavy atom. The Morgan fingerprint density at radius 2 is 0.821 bits per heavy atom. The van der Waals surface area contributed by atoms with Gasteiger partial charge < -0.3 is 10.6 Å². The summed E-state index contributed by atoms with van der Waals surface area (Å²) in [7, 11) is 0. The first-order valence-corrected chi connectivity index (χ1v) is 22.6. The summed E-state index contributed by atoms with van der Waals surface area (Å²) in [5.41, 5.74) is 8.79. The van der Waals surface area contributed by atoms with Crippen molar-refractivity contribution in [3.05, 3.63) is 244 Å². The second kappa shape index (κ2) is 20.0. The minimum atomic E-state index is -0.00499. The summed E-state index contributed by atoms with van der Waals surface area (Å²) in [6.07, 6.45) is 11.9. The summed E-state index contributed by atoms with van der Waals surface area (Å²) >= 11 is 0. The van der Waals surface area contributed by atoms with Gasteiger partial charge in [0.15, 0.2) is 11.6 Å². The van der Waals surface area contributed by atoms with E-state index in [9.17, 15) is 0 Å². The molecule has 0 saturated heterocycles. The Hall–Kier alpha value is -7.46. The fraction of sp³-hybridized carbons (Fsp3) is 0.0984. The van der Waals surface area contributed by atoms with Gasteiger partial charge in [0.1, 0.15) is 0 Å². The molecule has 0 radical (unpaired) electrons. The van der Waals surface area contributed by atoms with Gasteiger partial charge in [-0.05, 0) is 89.7 Å². The first-order valence-electron chi connectivity index (χ1n) is 22.6. The Balaban J connectivity index is 0.00000185. The van der Waals surface area contributed by atoms with E-state index in [4.69, 9.17) is 4.65 Å². The van der Waals surface area contributed by atoms with Crippen LogP contribution in [-0.2, 0) is 33.7 Å². The number of nitrogens with one attached hydrogen (secondary N) is 2. The van der Waals surface area contributed by atoms with Crippen LogP contribution < -0.4 is 31.5 Å². The number of ketones is 2. The van der Waals surface area contributed by atoms with E-state index in [1.807, 2.05) is 97.3 Å². The number of carbonyl (C=O) groups is 2. The summed E-state index contributed by atoms with van der Waals surface area (Å²) in [5.74, 6) is -0.00998. The van der Waals surface area contributed by atoms with E-state index < -0.39 is 0 Å². The monoisotopic (exact) mass is 956 g/mol. The van der Waals surface area contributed by atoms with Gasteiger partial charge in [-0.2, -0.15) is 0 Å². The van der Waals surface area contributed by atoms with E-state index in [-0.39, 0.29) is 43.1 Å². The van der Waals surface area contributed by atoms with Gasteiger partial charge in [0.25, 0.3) is 0 Å². The van der Waals surface area contributed by atoms with Gasteiger partial charge >= 0.3 is 11.3 Å².